The van der Waals surface area contributed by atoms with Gasteiger partial charge >= 0.3 is 0 Å². The predicted molar refractivity (Wildman–Crippen MR) is 78.4 cm³/mol. The Morgan fingerprint density at radius 3 is 2.50 bits per heavy atom. The fourth-order valence-electron chi connectivity index (χ4n) is 1.66. The Labute approximate surface area is 122 Å². The normalized spacial score (nSPS) is 10.2. The standard InChI is InChI=1S/C15H15ClFNO2/c1-19-12-3-5-13(6-4-12)20-9-8-18-15-10-11(16)2-7-14(15)17/h2-7,10,18H,8-9H2,1H3. The van der Waals surface area contributed by atoms with E-state index in [1.807, 2.05) is 24.3 Å². The average Bonchev–Trinajstić information content (AvgIpc) is 2.47. The van der Waals surface area contributed by atoms with Gasteiger partial charge in [-0.15, -0.1) is 0 Å². The second-order valence-electron chi connectivity index (χ2n) is 4.07. The van der Waals surface area contributed by atoms with Crippen LogP contribution in [0.3, 0.4) is 0 Å². The number of rotatable bonds is 6. The summed E-state index contributed by atoms with van der Waals surface area (Å²) in [5.74, 6) is 1.18. The molecule has 0 aromatic heterocycles. The van der Waals surface area contributed by atoms with E-state index in [4.69, 9.17) is 21.1 Å². The molecule has 0 spiro atoms. The van der Waals surface area contributed by atoms with E-state index >= 15 is 0 Å². The summed E-state index contributed by atoms with van der Waals surface area (Å²) >= 11 is 5.80. The van der Waals surface area contributed by atoms with Gasteiger partial charge in [-0.25, -0.2) is 4.39 Å². The second-order valence-corrected chi connectivity index (χ2v) is 4.51. The van der Waals surface area contributed by atoms with Crippen LogP contribution >= 0.6 is 11.6 Å². The highest BCUT2D eigenvalue weighted by Gasteiger charge is 2.02. The first kappa shape index (κ1) is 14.5. The lowest BCUT2D eigenvalue weighted by Crippen LogP contribution is -2.12. The Kier molecular flexibility index (Phi) is 5.07. The molecule has 5 heteroatoms. The third kappa shape index (κ3) is 4.03. The van der Waals surface area contributed by atoms with Gasteiger partial charge in [0.05, 0.1) is 12.8 Å². The largest absolute Gasteiger partial charge is 0.497 e. The minimum Gasteiger partial charge on any atom is -0.497 e. The van der Waals surface area contributed by atoms with Crippen LogP contribution in [0.2, 0.25) is 5.02 Å². The van der Waals surface area contributed by atoms with Crippen molar-refractivity contribution < 1.29 is 13.9 Å². The van der Waals surface area contributed by atoms with Gasteiger partial charge < -0.3 is 14.8 Å². The van der Waals surface area contributed by atoms with Crippen LogP contribution in [-0.2, 0) is 0 Å². The van der Waals surface area contributed by atoms with Gasteiger partial charge in [-0.2, -0.15) is 0 Å². The van der Waals surface area contributed by atoms with Crippen LogP contribution in [0.4, 0.5) is 10.1 Å². The molecule has 2 aromatic carbocycles. The van der Waals surface area contributed by atoms with Gasteiger partial charge in [0.25, 0.3) is 0 Å². The molecule has 0 unspecified atom stereocenters. The van der Waals surface area contributed by atoms with Crippen molar-refractivity contribution in [2.24, 2.45) is 0 Å². The third-order valence-electron chi connectivity index (χ3n) is 2.67. The summed E-state index contributed by atoms with van der Waals surface area (Å²) in [6, 6.07) is 11.7. The molecule has 2 rings (SSSR count). The molecule has 3 nitrogen and oxygen atoms in total. The topological polar surface area (TPSA) is 30.5 Å². The molecule has 0 saturated heterocycles. The van der Waals surface area contributed by atoms with E-state index in [1.165, 1.54) is 12.1 Å². The number of hydrogen-bond donors (Lipinski definition) is 1. The number of methoxy groups -OCH3 is 1. The molecule has 106 valence electrons. The summed E-state index contributed by atoms with van der Waals surface area (Å²) in [6.45, 7) is 0.890. The zero-order chi connectivity index (χ0) is 14.4. The van der Waals surface area contributed by atoms with Crippen LogP contribution in [0, 0.1) is 5.82 Å². The Morgan fingerprint density at radius 2 is 1.80 bits per heavy atom. The van der Waals surface area contributed by atoms with Gasteiger partial charge in [0, 0.05) is 11.6 Å². The Bertz CT molecular complexity index is 560. The number of halogens is 2. The molecule has 0 saturated carbocycles. The lowest BCUT2D eigenvalue weighted by atomic mass is 10.3. The maximum Gasteiger partial charge on any atom is 0.146 e. The molecule has 2 aromatic rings. The molecule has 0 fully saturated rings. The molecule has 0 radical (unpaired) electrons. The molecular formula is C15H15ClFNO2. The van der Waals surface area contributed by atoms with Crippen LogP contribution < -0.4 is 14.8 Å². The van der Waals surface area contributed by atoms with E-state index < -0.39 is 0 Å². The van der Waals surface area contributed by atoms with Crippen LogP contribution in [0.25, 0.3) is 0 Å². The van der Waals surface area contributed by atoms with Gasteiger partial charge in [-0.1, -0.05) is 11.6 Å². The second kappa shape index (κ2) is 7.01. The monoisotopic (exact) mass is 295 g/mol. The van der Waals surface area contributed by atoms with E-state index in [0.29, 0.717) is 23.9 Å². The first-order chi connectivity index (χ1) is 9.69. The SMILES string of the molecule is COc1ccc(OCCNc2cc(Cl)ccc2F)cc1. The van der Waals surface area contributed by atoms with Crippen LogP contribution in [-0.4, -0.2) is 20.3 Å². The van der Waals surface area contributed by atoms with Crippen LogP contribution in [0.1, 0.15) is 0 Å². The minimum atomic E-state index is -0.334. The highest BCUT2D eigenvalue weighted by atomic mass is 35.5. The van der Waals surface area contributed by atoms with E-state index in [2.05, 4.69) is 5.32 Å². The number of ether oxygens (including phenoxy) is 2. The summed E-state index contributed by atoms with van der Waals surface area (Å²) < 4.78 is 24.0. The zero-order valence-corrected chi connectivity index (χ0v) is 11.8. The molecule has 0 heterocycles. The quantitative estimate of drug-likeness (QED) is 0.818. The fourth-order valence-corrected chi connectivity index (χ4v) is 1.83. The van der Waals surface area contributed by atoms with Crippen molar-refractivity contribution in [3.05, 3.63) is 53.3 Å². The molecule has 0 aliphatic carbocycles. The van der Waals surface area contributed by atoms with Crippen molar-refractivity contribution in [3.8, 4) is 11.5 Å². The lowest BCUT2D eigenvalue weighted by molar-refractivity contribution is 0.331. The van der Waals surface area contributed by atoms with E-state index in [0.717, 1.165) is 11.5 Å². The van der Waals surface area contributed by atoms with Gasteiger partial charge in [0.1, 0.15) is 23.9 Å². The molecule has 0 atom stereocenters. The van der Waals surface area contributed by atoms with Crippen molar-refractivity contribution in [1.82, 2.24) is 0 Å². The molecular weight excluding hydrogens is 281 g/mol. The van der Waals surface area contributed by atoms with Gasteiger partial charge in [0.2, 0.25) is 0 Å². The van der Waals surface area contributed by atoms with Crippen molar-refractivity contribution in [3.63, 3.8) is 0 Å². The molecule has 0 aliphatic heterocycles. The van der Waals surface area contributed by atoms with E-state index in [1.54, 1.807) is 13.2 Å². The lowest BCUT2D eigenvalue weighted by Gasteiger charge is -2.10. The first-order valence-corrected chi connectivity index (χ1v) is 6.52. The van der Waals surface area contributed by atoms with Crippen molar-refractivity contribution in [2.75, 3.05) is 25.6 Å². The third-order valence-corrected chi connectivity index (χ3v) is 2.91. The highest BCUT2D eigenvalue weighted by molar-refractivity contribution is 6.30. The summed E-state index contributed by atoms with van der Waals surface area (Å²) in [5, 5.41) is 3.43. The summed E-state index contributed by atoms with van der Waals surface area (Å²) in [5.41, 5.74) is 0.371. The predicted octanol–water partition coefficient (Wildman–Crippen LogP) is 3.98. The van der Waals surface area contributed by atoms with E-state index in [-0.39, 0.29) is 5.82 Å². The van der Waals surface area contributed by atoms with Gasteiger partial charge in [0.15, 0.2) is 0 Å². The Hall–Kier alpha value is -1.94. The minimum absolute atomic E-state index is 0.334. The van der Waals surface area contributed by atoms with E-state index in [9.17, 15) is 4.39 Å². The Morgan fingerprint density at radius 1 is 1.10 bits per heavy atom. The molecule has 0 aliphatic rings. The number of nitrogens with one attached hydrogen (secondary N) is 1. The molecule has 20 heavy (non-hydrogen) atoms. The van der Waals surface area contributed by atoms with Crippen molar-refractivity contribution >= 4 is 17.3 Å². The summed E-state index contributed by atoms with van der Waals surface area (Å²) in [7, 11) is 1.61. The number of hydrogen-bond acceptors (Lipinski definition) is 3. The summed E-state index contributed by atoms with van der Waals surface area (Å²) in [6.07, 6.45) is 0. The average molecular weight is 296 g/mol. The molecule has 0 amide bonds. The maximum absolute atomic E-state index is 13.4. The number of benzene rings is 2. The van der Waals surface area contributed by atoms with Gasteiger partial charge in [-0.05, 0) is 42.5 Å². The first-order valence-electron chi connectivity index (χ1n) is 6.15. The highest BCUT2D eigenvalue weighted by Crippen LogP contribution is 2.19. The number of anilines is 1. The zero-order valence-electron chi connectivity index (χ0n) is 11.0. The summed E-state index contributed by atoms with van der Waals surface area (Å²) in [4.78, 5) is 0. The van der Waals surface area contributed by atoms with Gasteiger partial charge in [-0.3, -0.25) is 0 Å². The van der Waals surface area contributed by atoms with Crippen LogP contribution in [0.5, 0.6) is 11.5 Å². The van der Waals surface area contributed by atoms with Crippen LogP contribution in [0.15, 0.2) is 42.5 Å². The van der Waals surface area contributed by atoms with Crippen molar-refractivity contribution in [1.29, 1.82) is 0 Å². The smallest absolute Gasteiger partial charge is 0.146 e. The Balaban J connectivity index is 1.79. The molecule has 0 bridgehead atoms. The molecule has 1 N–H and O–H groups in total. The maximum atomic E-state index is 13.4. The van der Waals surface area contributed by atoms with Crippen molar-refractivity contribution in [2.45, 2.75) is 0 Å². The fraction of sp³-hybridized carbons (Fsp3) is 0.200.